The van der Waals surface area contributed by atoms with Crippen LogP contribution in [0.2, 0.25) is 0 Å². The molecule has 3 aromatic rings. The molecular formula is C27H30O5S. The highest BCUT2D eigenvalue weighted by atomic mass is 32.1. The molecule has 2 N–H and O–H groups in total. The first kappa shape index (κ1) is 24.0. The fourth-order valence-electron chi connectivity index (χ4n) is 4.33. The zero-order valence-electron chi connectivity index (χ0n) is 18.4. The molecule has 5 nitrogen and oxygen atoms in total. The maximum Gasteiger partial charge on any atom is 0.130 e. The van der Waals surface area contributed by atoms with Crippen LogP contribution in [0.25, 0.3) is 0 Å². The standard InChI is InChI=1S/C27H30O5S/c28-17-23-27(16-20-10-4-1-5-11-20,31-19-22-14-8-3-9-15-22)25(24(29)26(33)32-23)30-18-21-12-6-2-7-13-21/h1-15,23-26,28-29,33H,16-19H2/t23-,24-,25-,26+,27-/m1/s1. The predicted octanol–water partition coefficient (Wildman–Crippen LogP) is 3.78. The van der Waals surface area contributed by atoms with Gasteiger partial charge in [-0.3, -0.25) is 0 Å². The number of hydrogen-bond donors (Lipinski definition) is 3. The van der Waals surface area contributed by atoms with E-state index in [0.717, 1.165) is 16.7 Å². The first-order chi connectivity index (χ1) is 16.1. The molecule has 0 saturated carbocycles. The van der Waals surface area contributed by atoms with Gasteiger partial charge in [-0.05, 0) is 16.7 Å². The van der Waals surface area contributed by atoms with Gasteiger partial charge < -0.3 is 24.4 Å². The molecule has 174 valence electrons. The average Bonchev–Trinajstić information content (AvgIpc) is 2.86. The van der Waals surface area contributed by atoms with Gasteiger partial charge in [-0.2, -0.15) is 0 Å². The zero-order chi connectivity index (χ0) is 23.1. The molecule has 3 aromatic carbocycles. The van der Waals surface area contributed by atoms with Crippen molar-refractivity contribution in [2.75, 3.05) is 6.61 Å². The Morgan fingerprint density at radius 3 is 1.85 bits per heavy atom. The van der Waals surface area contributed by atoms with E-state index in [4.69, 9.17) is 14.2 Å². The molecule has 0 radical (unpaired) electrons. The van der Waals surface area contributed by atoms with Crippen molar-refractivity contribution in [1.29, 1.82) is 0 Å². The highest BCUT2D eigenvalue weighted by molar-refractivity contribution is 7.80. The third-order valence-corrected chi connectivity index (χ3v) is 6.47. The molecule has 5 atom stereocenters. The summed E-state index contributed by atoms with van der Waals surface area (Å²) in [4.78, 5) is 0. The number of thiol groups is 1. The average molecular weight is 467 g/mol. The van der Waals surface area contributed by atoms with Gasteiger partial charge in [0.05, 0.1) is 19.8 Å². The van der Waals surface area contributed by atoms with Gasteiger partial charge in [-0.15, -0.1) is 12.6 Å². The molecule has 0 aliphatic carbocycles. The highest BCUT2D eigenvalue weighted by Crippen LogP contribution is 2.40. The Hall–Kier alpha value is -2.19. The lowest BCUT2D eigenvalue weighted by atomic mass is 9.79. The van der Waals surface area contributed by atoms with Crippen molar-refractivity contribution in [2.45, 2.75) is 49.0 Å². The van der Waals surface area contributed by atoms with Crippen LogP contribution in [0.15, 0.2) is 91.0 Å². The highest BCUT2D eigenvalue weighted by Gasteiger charge is 2.57. The van der Waals surface area contributed by atoms with Crippen LogP contribution in [-0.4, -0.2) is 46.2 Å². The van der Waals surface area contributed by atoms with Crippen molar-refractivity contribution in [3.05, 3.63) is 108 Å². The quantitative estimate of drug-likeness (QED) is 0.419. The van der Waals surface area contributed by atoms with Crippen LogP contribution in [-0.2, 0) is 33.8 Å². The lowest BCUT2D eigenvalue weighted by Crippen LogP contribution is -2.68. The maximum atomic E-state index is 11.2. The number of ether oxygens (including phenoxy) is 3. The number of aliphatic hydroxyl groups excluding tert-OH is 2. The SMILES string of the molecule is OC[C@H]1O[C@@H](S)[C@H](O)[C@@H](OCc2ccccc2)[C@]1(Cc1ccccc1)OCc1ccccc1. The number of benzene rings is 3. The lowest BCUT2D eigenvalue weighted by molar-refractivity contribution is -0.290. The van der Waals surface area contributed by atoms with Gasteiger partial charge >= 0.3 is 0 Å². The smallest absolute Gasteiger partial charge is 0.130 e. The Kier molecular flexibility index (Phi) is 8.20. The second-order valence-corrected chi connectivity index (χ2v) is 8.81. The van der Waals surface area contributed by atoms with Crippen LogP contribution in [0.1, 0.15) is 16.7 Å². The number of hydrogen-bond acceptors (Lipinski definition) is 6. The van der Waals surface area contributed by atoms with E-state index in [9.17, 15) is 10.2 Å². The van der Waals surface area contributed by atoms with Crippen molar-refractivity contribution in [3.63, 3.8) is 0 Å². The third-order valence-electron chi connectivity index (χ3n) is 6.04. The minimum absolute atomic E-state index is 0.280. The van der Waals surface area contributed by atoms with E-state index in [-0.39, 0.29) is 19.8 Å². The van der Waals surface area contributed by atoms with Crippen LogP contribution in [0.3, 0.4) is 0 Å². The summed E-state index contributed by atoms with van der Waals surface area (Å²) in [7, 11) is 0. The second-order valence-electron chi connectivity index (χ2n) is 8.30. The van der Waals surface area contributed by atoms with Gasteiger partial charge in [0.2, 0.25) is 0 Å². The Labute approximate surface area is 200 Å². The minimum atomic E-state index is -1.14. The van der Waals surface area contributed by atoms with Crippen LogP contribution in [0.4, 0.5) is 0 Å². The fraction of sp³-hybridized carbons (Fsp3) is 0.333. The molecule has 0 unspecified atom stereocenters. The van der Waals surface area contributed by atoms with E-state index < -0.39 is 29.3 Å². The van der Waals surface area contributed by atoms with Gasteiger partial charge in [-0.1, -0.05) is 91.0 Å². The van der Waals surface area contributed by atoms with Gasteiger partial charge in [-0.25, -0.2) is 0 Å². The predicted molar refractivity (Wildman–Crippen MR) is 130 cm³/mol. The largest absolute Gasteiger partial charge is 0.394 e. The summed E-state index contributed by atoms with van der Waals surface area (Å²) in [5, 5.41) is 21.5. The van der Waals surface area contributed by atoms with Crippen LogP contribution in [0.5, 0.6) is 0 Å². The molecule has 0 aromatic heterocycles. The van der Waals surface area contributed by atoms with Crippen LogP contribution in [0, 0.1) is 0 Å². The van der Waals surface area contributed by atoms with Crippen LogP contribution < -0.4 is 0 Å². The fourth-order valence-corrected chi connectivity index (χ4v) is 4.63. The summed E-state index contributed by atoms with van der Waals surface area (Å²) in [6, 6.07) is 29.4. The van der Waals surface area contributed by atoms with Gasteiger partial charge in [0.15, 0.2) is 0 Å². The minimum Gasteiger partial charge on any atom is -0.394 e. The molecule has 1 heterocycles. The second kappa shape index (κ2) is 11.3. The van der Waals surface area contributed by atoms with Crippen molar-refractivity contribution >= 4 is 12.6 Å². The first-order valence-corrected chi connectivity index (χ1v) is 11.6. The van der Waals surface area contributed by atoms with E-state index in [1.807, 2.05) is 91.0 Å². The summed E-state index contributed by atoms with van der Waals surface area (Å²) in [6.07, 6.45) is -2.19. The number of rotatable bonds is 9. The summed E-state index contributed by atoms with van der Waals surface area (Å²) in [5.74, 6) is 0. The first-order valence-electron chi connectivity index (χ1n) is 11.1. The van der Waals surface area contributed by atoms with E-state index in [1.54, 1.807) is 0 Å². The van der Waals surface area contributed by atoms with Crippen molar-refractivity contribution in [2.24, 2.45) is 0 Å². The molecule has 4 rings (SSSR count). The van der Waals surface area contributed by atoms with Gasteiger partial charge in [0.25, 0.3) is 0 Å². The van der Waals surface area contributed by atoms with Crippen molar-refractivity contribution < 1.29 is 24.4 Å². The molecule has 6 heteroatoms. The molecular weight excluding hydrogens is 436 g/mol. The van der Waals surface area contributed by atoms with E-state index in [2.05, 4.69) is 12.6 Å². The molecule has 1 aliphatic rings. The Morgan fingerprint density at radius 1 is 0.788 bits per heavy atom. The molecule has 0 amide bonds. The number of aliphatic hydroxyl groups is 2. The lowest BCUT2D eigenvalue weighted by Gasteiger charge is -2.51. The Bertz CT molecular complexity index is 972. The molecule has 0 bridgehead atoms. The van der Waals surface area contributed by atoms with Crippen LogP contribution >= 0.6 is 12.6 Å². The van der Waals surface area contributed by atoms with Gasteiger partial charge in [0, 0.05) is 6.42 Å². The normalized spacial score (nSPS) is 27.4. The van der Waals surface area contributed by atoms with E-state index in [0.29, 0.717) is 6.42 Å². The summed E-state index contributed by atoms with van der Waals surface area (Å²) in [5.41, 5.74) is 0.993. The zero-order valence-corrected chi connectivity index (χ0v) is 19.3. The van der Waals surface area contributed by atoms with Gasteiger partial charge in [0.1, 0.15) is 29.3 Å². The molecule has 0 spiro atoms. The summed E-state index contributed by atoms with van der Waals surface area (Å²) >= 11 is 4.43. The van der Waals surface area contributed by atoms with Crippen molar-refractivity contribution in [3.8, 4) is 0 Å². The summed E-state index contributed by atoms with van der Waals surface area (Å²) < 4.78 is 18.9. The molecule has 1 fully saturated rings. The third kappa shape index (κ3) is 5.66. The Morgan fingerprint density at radius 2 is 1.30 bits per heavy atom. The molecule has 1 aliphatic heterocycles. The molecule has 1 saturated heterocycles. The van der Waals surface area contributed by atoms with E-state index >= 15 is 0 Å². The van der Waals surface area contributed by atoms with Crippen molar-refractivity contribution in [1.82, 2.24) is 0 Å². The maximum absolute atomic E-state index is 11.2. The van der Waals surface area contributed by atoms with E-state index in [1.165, 1.54) is 0 Å². The summed E-state index contributed by atoms with van der Waals surface area (Å²) in [6.45, 7) is 0.270. The monoisotopic (exact) mass is 466 g/mol. The molecule has 33 heavy (non-hydrogen) atoms. The Balaban J connectivity index is 1.70. The topological polar surface area (TPSA) is 68.2 Å².